The smallest absolute Gasteiger partial charge is 0.187 e. The number of nitrogens with zero attached hydrogens (tertiary/aromatic N) is 1. The van der Waals surface area contributed by atoms with Crippen molar-refractivity contribution in [2.45, 2.75) is 0 Å². The molecule has 15 heavy (non-hydrogen) atoms. The van der Waals surface area contributed by atoms with E-state index in [0.29, 0.717) is 15.8 Å². The maximum atomic E-state index is 13.0. The van der Waals surface area contributed by atoms with Crippen LogP contribution in [0, 0.1) is 5.82 Å². The Hall–Kier alpha value is -1.07. The highest BCUT2D eigenvalue weighted by Gasteiger charge is 2.14. The molecule has 0 aliphatic rings. The highest BCUT2D eigenvalue weighted by Crippen LogP contribution is 2.33. The van der Waals surface area contributed by atoms with Gasteiger partial charge in [0, 0.05) is 5.56 Å². The molecule has 0 unspecified atom stereocenters. The fourth-order valence-corrected chi connectivity index (χ4v) is 1.66. The summed E-state index contributed by atoms with van der Waals surface area (Å²) in [4.78, 5) is 0. The maximum Gasteiger partial charge on any atom is 0.187 e. The number of nitrogen functional groups attached to an aromatic ring is 1. The van der Waals surface area contributed by atoms with Gasteiger partial charge < -0.3 is 10.3 Å². The maximum absolute atomic E-state index is 13.0. The fraction of sp³-hybridized carbons (Fsp3) is 0. The summed E-state index contributed by atoms with van der Waals surface area (Å²) < 4.78 is 18.2. The Bertz CT molecular complexity index is 515. The van der Waals surface area contributed by atoms with E-state index in [1.165, 1.54) is 12.1 Å². The largest absolute Gasteiger partial charge is 0.380 e. The van der Waals surface area contributed by atoms with Crippen LogP contribution in [-0.2, 0) is 0 Å². The van der Waals surface area contributed by atoms with Gasteiger partial charge in [0.15, 0.2) is 11.6 Å². The molecule has 0 saturated heterocycles. The normalized spacial score (nSPS) is 10.6. The van der Waals surface area contributed by atoms with Gasteiger partial charge in [0.25, 0.3) is 0 Å². The topological polar surface area (TPSA) is 52.0 Å². The number of hydrogen-bond donors (Lipinski definition) is 1. The molecular formula is C9H5BrClFN2O. The predicted molar refractivity (Wildman–Crippen MR) is 59.0 cm³/mol. The third kappa shape index (κ3) is 1.85. The second-order valence-corrected chi connectivity index (χ2v) is 4.07. The van der Waals surface area contributed by atoms with Crippen LogP contribution in [0.4, 0.5) is 10.2 Å². The molecule has 2 rings (SSSR count). The SMILES string of the molecule is Nc1noc(-c2ccc(F)c(Br)c2)c1Cl. The summed E-state index contributed by atoms with van der Waals surface area (Å²) in [5.41, 5.74) is 6.03. The first-order chi connectivity index (χ1) is 7.09. The van der Waals surface area contributed by atoms with Crippen molar-refractivity contribution in [1.29, 1.82) is 0 Å². The number of rotatable bonds is 1. The van der Waals surface area contributed by atoms with E-state index >= 15 is 0 Å². The van der Waals surface area contributed by atoms with Crippen molar-refractivity contribution in [3.63, 3.8) is 0 Å². The van der Waals surface area contributed by atoms with E-state index < -0.39 is 0 Å². The van der Waals surface area contributed by atoms with Crippen molar-refractivity contribution in [3.05, 3.63) is 33.5 Å². The second-order valence-electron chi connectivity index (χ2n) is 2.84. The Morgan fingerprint density at radius 3 is 2.73 bits per heavy atom. The summed E-state index contributed by atoms with van der Waals surface area (Å²) >= 11 is 8.91. The monoisotopic (exact) mass is 290 g/mol. The third-order valence-corrected chi connectivity index (χ3v) is 2.81. The van der Waals surface area contributed by atoms with Gasteiger partial charge in [-0.3, -0.25) is 0 Å². The summed E-state index contributed by atoms with van der Waals surface area (Å²) in [6, 6.07) is 4.38. The summed E-state index contributed by atoms with van der Waals surface area (Å²) in [6.45, 7) is 0. The van der Waals surface area contributed by atoms with Crippen molar-refractivity contribution < 1.29 is 8.91 Å². The van der Waals surface area contributed by atoms with Crippen LogP contribution < -0.4 is 5.73 Å². The van der Waals surface area contributed by atoms with Crippen LogP contribution in [0.2, 0.25) is 5.02 Å². The molecule has 2 aromatic rings. The summed E-state index contributed by atoms with van der Waals surface area (Å²) in [7, 11) is 0. The Kier molecular flexibility index (Phi) is 2.67. The zero-order valence-electron chi connectivity index (χ0n) is 7.30. The van der Waals surface area contributed by atoms with E-state index in [-0.39, 0.29) is 16.7 Å². The summed E-state index contributed by atoms with van der Waals surface area (Å²) in [5.74, 6) is 0.0874. The Morgan fingerprint density at radius 2 is 2.20 bits per heavy atom. The van der Waals surface area contributed by atoms with Crippen LogP contribution in [0.25, 0.3) is 11.3 Å². The summed E-state index contributed by atoms with van der Waals surface area (Å²) in [6.07, 6.45) is 0. The Morgan fingerprint density at radius 1 is 1.47 bits per heavy atom. The lowest BCUT2D eigenvalue weighted by atomic mass is 10.2. The zero-order valence-corrected chi connectivity index (χ0v) is 9.64. The molecule has 0 spiro atoms. The minimum absolute atomic E-state index is 0.118. The lowest BCUT2D eigenvalue weighted by Gasteiger charge is -1.98. The standard InChI is InChI=1S/C9H5BrClFN2O/c10-5-3-4(1-2-6(5)12)8-7(11)9(13)14-15-8/h1-3H,(H2,13,14). The minimum Gasteiger partial charge on any atom is -0.380 e. The van der Waals surface area contributed by atoms with Crippen LogP contribution in [0.5, 0.6) is 0 Å². The quantitative estimate of drug-likeness (QED) is 0.875. The summed E-state index contributed by atoms with van der Waals surface area (Å²) in [5, 5.41) is 3.74. The number of benzene rings is 1. The molecule has 0 amide bonds. The first kappa shape index (κ1) is 10.4. The Labute approximate surface area is 98.1 Å². The van der Waals surface area contributed by atoms with E-state index in [9.17, 15) is 4.39 Å². The molecule has 0 fully saturated rings. The van der Waals surface area contributed by atoms with Crippen LogP contribution in [0.1, 0.15) is 0 Å². The van der Waals surface area contributed by atoms with E-state index in [1.807, 2.05) is 0 Å². The Balaban J connectivity index is 2.55. The van der Waals surface area contributed by atoms with Gasteiger partial charge in [-0.2, -0.15) is 0 Å². The predicted octanol–water partition coefficient (Wildman–Crippen LogP) is 3.48. The minimum atomic E-state index is -0.359. The number of anilines is 1. The second kappa shape index (κ2) is 3.83. The van der Waals surface area contributed by atoms with Gasteiger partial charge in [-0.15, -0.1) is 0 Å². The first-order valence-corrected chi connectivity index (χ1v) is 5.12. The molecule has 6 heteroatoms. The number of hydrogen-bond acceptors (Lipinski definition) is 3. The van der Waals surface area contributed by atoms with Crippen molar-refractivity contribution in [3.8, 4) is 11.3 Å². The van der Waals surface area contributed by atoms with Crippen molar-refractivity contribution in [1.82, 2.24) is 5.16 Å². The average Bonchev–Trinajstić information content (AvgIpc) is 2.53. The van der Waals surface area contributed by atoms with Crippen LogP contribution >= 0.6 is 27.5 Å². The van der Waals surface area contributed by atoms with Gasteiger partial charge in [0.05, 0.1) is 4.47 Å². The van der Waals surface area contributed by atoms with Gasteiger partial charge in [0.1, 0.15) is 10.8 Å². The van der Waals surface area contributed by atoms with E-state index in [4.69, 9.17) is 21.9 Å². The molecule has 0 bridgehead atoms. The molecule has 0 aliphatic heterocycles. The first-order valence-electron chi connectivity index (χ1n) is 3.95. The van der Waals surface area contributed by atoms with Crippen LogP contribution in [-0.4, -0.2) is 5.16 Å². The van der Waals surface area contributed by atoms with Gasteiger partial charge in [-0.1, -0.05) is 16.8 Å². The average molecular weight is 292 g/mol. The molecule has 0 saturated carbocycles. The molecule has 1 aromatic heterocycles. The molecule has 3 nitrogen and oxygen atoms in total. The van der Waals surface area contributed by atoms with E-state index in [2.05, 4.69) is 21.1 Å². The van der Waals surface area contributed by atoms with Gasteiger partial charge in [-0.05, 0) is 34.1 Å². The molecule has 0 aliphatic carbocycles. The fourth-order valence-electron chi connectivity index (χ4n) is 1.11. The van der Waals surface area contributed by atoms with Gasteiger partial charge in [-0.25, -0.2) is 4.39 Å². The van der Waals surface area contributed by atoms with Crippen molar-refractivity contribution in [2.24, 2.45) is 0 Å². The highest BCUT2D eigenvalue weighted by atomic mass is 79.9. The number of aromatic nitrogens is 1. The number of halogens is 3. The molecule has 2 N–H and O–H groups in total. The molecule has 1 aromatic carbocycles. The van der Waals surface area contributed by atoms with E-state index in [0.717, 1.165) is 0 Å². The highest BCUT2D eigenvalue weighted by molar-refractivity contribution is 9.10. The van der Waals surface area contributed by atoms with E-state index in [1.54, 1.807) is 6.07 Å². The molecule has 1 heterocycles. The van der Waals surface area contributed by atoms with Gasteiger partial charge >= 0.3 is 0 Å². The third-order valence-electron chi connectivity index (χ3n) is 1.84. The zero-order chi connectivity index (χ0) is 11.0. The van der Waals surface area contributed by atoms with Gasteiger partial charge in [0.2, 0.25) is 0 Å². The molecular weight excluding hydrogens is 286 g/mol. The molecule has 0 radical (unpaired) electrons. The number of nitrogens with two attached hydrogens (primary N) is 1. The van der Waals surface area contributed by atoms with Crippen molar-refractivity contribution >= 4 is 33.3 Å². The lowest BCUT2D eigenvalue weighted by Crippen LogP contribution is -1.83. The van der Waals surface area contributed by atoms with Crippen LogP contribution in [0.15, 0.2) is 27.2 Å². The lowest BCUT2D eigenvalue weighted by molar-refractivity contribution is 0.436. The van der Waals surface area contributed by atoms with Crippen LogP contribution in [0.3, 0.4) is 0 Å². The molecule has 78 valence electrons. The van der Waals surface area contributed by atoms with Crippen molar-refractivity contribution in [2.75, 3.05) is 5.73 Å². The molecule has 0 atom stereocenters.